The maximum Gasteiger partial charge on any atom is 0.212 e. The molecule has 0 radical (unpaired) electrons. The van der Waals surface area contributed by atoms with Gasteiger partial charge in [-0.2, -0.15) is 0 Å². The second kappa shape index (κ2) is 6.01. The Balaban J connectivity index is 1.80. The number of rotatable bonds is 5. The zero-order chi connectivity index (χ0) is 12.1. The first-order chi connectivity index (χ1) is 8.29. The number of pyridine rings is 1. The number of ether oxygens (including phenoxy) is 1. The van der Waals surface area contributed by atoms with Crippen molar-refractivity contribution in [2.75, 3.05) is 7.11 Å². The molecule has 0 saturated heterocycles. The molecular weight excluding hydrogens is 212 g/mol. The molecule has 1 aromatic rings. The fourth-order valence-electron chi connectivity index (χ4n) is 2.54. The molecule has 1 saturated carbocycles. The second-order valence-corrected chi connectivity index (χ2v) is 4.92. The van der Waals surface area contributed by atoms with Gasteiger partial charge in [-0.15, -0.1) is 0 Å². The summed E-state index contributed by atoms with van der Waals surface area (Å²) in [6.07, 6.45) is 7.46. The van der Waals surface area contributed by atoms with E-state index in [0.717, 1.165) is 12.5 Å². The molecule has 1 heterocycles. The highest BCUT2D eigenvalue weighted by Gasteiger charge is 2.20. The number of hydrogen-bond acceptors (Lipinski definition) is 3. The molecule has 1 aliphatic rings. The normalized spacial score (nSPS) is 18.2. The highest BCUT2D eigenvalue weighted by atomic mass is 16.5. The lowest BCUT2D eigenvalue weighted by atomic mass is 10.00. The van der Waals surface area contributed by atoms with Crippen LogP contribution in [0.4, 0.5) is 0 Å². The molecule has 1 atom stereocenters. The number of nitrogens with zero attached hydrogens (tertiary/aromatic N) is 1. The van der Waals surface area contributed by atoms with Crippen molar-refractivity contribution in [3.63, 3.8) is 0 Å². The predicted octanol–water partition coefficient (Wildman–Crippen LogP) is 2.76. The van der Waals surface area contributed by atoms with E-state index in [4.69, 9.17) is 4.74 Å². The van der Waals surface area contributed by atoms with Crippen molar-refractivity contribution in [3.8, 4) is 5.88 Å². The van der Waals surface area contributed by atoms with Gasteiger partial charge in [0.2, 0.25) is 5.88 Å². The van der Waals surface area contributed by atoms with E-state index in [1.807, 2.05) is 12.3 Å². The molecule has 0 bridgehead atoms. The lowest BCUT2D eigenvalue weighted by Crippen LogP contribution is -2.31. The van der Waals surface area contributed by atoms with Gasteiger partial charge in [0.1, 0.15) is 0 Å². The van der Waals surface area contributed by atoms with Gasteiger partial charge in [0, 0.05) is 24.8 Å². The molecule has 0 amide bonds. The Kier molecular flexibility index (Phi) is 4.37. The fourth-order valence-corrected chi connectivity index (χ4v) is 2.54. The van der Waals surface area contributed by atoms with E-state index in [1.165, 1.54) is 31.2 Å². The van der Waals surface area contributed by atoms with Gasteiger partial charge < -0.3 is 10.1 Å². The first-order valence-corrected chi connectivity index (χ1v) is 6.52. The van der Waals surface area contributed by atoms with Gasteiger partial charge in [-0.3, -0.25) is 0 Å². The molecule has 2 rings (SSSR count). The SMILES string of the molecule is COc1ccc(CNC(C)C2CCCC2)cn1. The van der Waals surface area contributed by atoms with Crippen LogP contribution in [0.2, 0.25) is 0 Å². The Labute approximate surface area is 104 Å². The molecule has 0 aromatic carbocycles. The smallest absolute Gasteiger partial charge is 0.212 e. The van der Waals surface area contributed by atoms with Crippen molar-refractivity contribution >= 4 is 0 Å². The standard InChI is InChI=1S/C14H22N2O/c1-11(13-5-3-4-6-13)15-9-12-7-8-14(17-2)16-10-12/h7-8,10-11,13,15H,3-6,9H2,1-2H3. The van der Waals surface area contributed by atoms with Crippen LogP contribution in [0.3, 0.4) is 0 Å². The highest BCUT2D eigenvalue weighted by molar-refractivity contribution is 5.17. The Morgan fingerprint density at radius 1 is 1.41 bits per heavy atom. The number of nitrogens with one attached hydrogen (secondary N) is 1. The summed E-state index contributed by atoms with van der Waals surface area (Å²) in [6.45, 7) is 3.20. The first kappa shape index (κ1) is 12.4. The van der Waals surface area contributed by atoms with E-state index < -0.39 is 0 Å². The number of methoxy groups -OCH3 is 1. The van der Waals surface area contributed by atoms with Crippen LogP contribution in [0.15, 0.2) is 18.3 Å². The van der Waals surface area contributed by atoms with Gasteiger partial charge in [0.25, 0.3) is 0 Å². The molecule has 0 aliphatic heterocycles. The minimum atomic E-state index is 0.611. The van der Waals surface area contributed by atoms with Crippen molar-refractivity contribution in [1.29, 1.82) is 0 Å². The molecule has 1 fully saturated rings. The fraction of sp³-hybridized carbons (Fsp3) is 0.643. The van der Waals surface area contributed by atoms with Gasteiger partial charge in [0.15, 0.2) is 0 Å². The van der Waals surface area contributed by atoms with Crippen molar-refractivity contribution in [3.05, 3.63) is 23.9 Å². The first-order valence-electron chi connectivity index (χ1n) is 6.52. The third-order valence-electron chi connectivity index (χ3n) is 3.74. The molecule has 1 aliphatic carbocycles. The van der Waals surface area contributed by atoms with E-state index in [0.29, 0.717) is 11.9 Å². The van der Waals surface area contributed by atoms with Crippen LogP contribution in [0.5, 0.6) is 5.88 Å². The van der Waals surface area contributed by atoms with Gasteiger partial charge in [-0.1, -0.05) is 18.9 Å². The van der Waals surface area contributed by atoms with E-state index >= 15 is 0 Å². The van der Waals surface area contributed by atoms with Gasteiger partial charge in [0.05, 0.1) is 7.11 Å². The van der Waals surface area contributed by atoms with E-state index in [-0.39, 0.29) is 0 Å². The molecule has 17 heavy (non-hydrogen) atoms. The van der Waals surface area contributed by atoms with Gasteiger partial charge in [-0.05, 0) is 31.2 Å². The summed E-state index contributed by atoms with van der Waals surface area (Å²) in [6, 6.07) is 4.59. The average molecular weight is 234 g/mol. The molecule has 1 N–H and O–H groups in total. The Bertz CT molecular complexity index is 331. The molecule has 0 spiro atoms. The van der Waals surface area contributed by atoms with Crippen molar-refractivity contribution in [2.24, 2.45) is 5.92 Å². The van der Waals surface area contributed by atoms with Crippen LogP contribution < -0.4 is 10.1 Å². The third kappa shape index (κ3) is 3.43. The molecular formula is C14H22N2O. The van der Waals surface area contributed by atoms with Crippen LogP contribution in [0, 0.1) is 5.92 Å². The minimum absolute atomic E-state index is 0.611. The number of aromatic nitrogens is 1. The number of hydrogen-bond donors (Lipinski definition) is 1. The second-order valence-electron chi connectivity index (χ2n) is 4.92. The Morgan fingerprint density at radius 2 is 2.18 bits per heavy atom. The molecule has 3 heteroatoms. The van der Waals surface area contributed by atoms with E-state index in [9.17, 15) is 0 Å². The minimum Gasteiger partial charge on any atom is -0.481 e. The maximum absolute atomic E-state index is 5.04. The highest BCUT2D eigenvalue weighted by Crippen LogP contribution is 2.27. The van der Waals surface area contributed by atoms with E-state index in [2.05, 4.69) is 23.3 Å². The predicted molar refractivity (Wildman–Crippen MR) is 69.0 cm³/mol. The van der Waals surface area contributed by atoms with Crippen LogP contribution >= 0.6 is 0 Å². The average Bonchev–Trinajstić information content (AvgIpc) is 2.90. The summed E-state index contributed by atoms with van der Waals surface area (Å²) in [7, 11) is 1.64. The monoisotopic (exact) mass is 234 g/mol. The largest absolute Gasteiger partial charge is 0.481 e. The maximum atomic E-state index is 5.04. The summed E-state index contributed by atoms with van der Waals surface area (Å²) in [4.78, 5) is 4.21. The van der Waals surface area contributed by atoms with E-state index in [1.54, 1.807) is 7.11 Å². The van der Waals surface area contributed by atoms with Gasteiger partial charge in [-0.25, -0.2) is 4.98 Å². The Hall–Kier alpha value is -1.09. The molecule has 3 nitrogen and oxygen atoms in total. The summed E-state index contributed by atoms with van der Waals surface area (Å²) in [5.41, 5.74) is 1.22. The van der Waals surface area contributed by atoms with Crippen LogP contribution in [-0.2, 0) is 6.54 Å². The van der Waals surface area contributed by atoms with Gasteiger partial charge >= 0.3 is 0 Å². The summed E-state index contributed by atoms with van der Waals surface area (Å²) < 4.78 is 5.04. The van der Waals surface area contributed by atoms with Crippen LogP contribution in [0.25, 0.3) is 0 Å². The third-order valence-corrected chi connectivity index (χ3v) is 3.74. The summed E-state index contributed by atoms with van der Waals surface area (Å²) in [5.74, 6) is 1.54. The van der Waals surface area contributed by atoms with Crippen molar-refractivity contribution < 1.29 is 4.74 Å². The zero-order valence-corrected chi connectivity index (χ0v) is 10.8. The quantitative estimate of drug-likeness (QED) is 0.850. The Morgan fingerprint density at radius 3 is 2.76 bits per heavy atom. The topological polar surface area (TPSA) is 34.1 Å². The molecule has 1 unspecified atom stereocenters. The lowest BCUT2D eigenvalue weighted by molar-refractivity contribution is 0.379. The van der Waals surface area contributed by atoms with Crippen molar-refractivity contribution in [1.82, 2.24) is 10.3 Å². The molecule has 94 valence electrons. The lowest BCUT2D eigenvalue weighted by Gasteiger charge is -2.20. The zero-order valence-electron chi connectivity index (χ0n) is 10.8. The van der Waals surface area contributed by atoms with Crippen LogP contribution in [0.1, 0.15) is 38.2 Å². The summed E-state index contributed by atoms with van der Waals surface area (Å²) in [5, 5.41) is 3.60. The summed E-state index contributed by atoms with van der Waals surface area (Å²) >= 11 is 0. The molecule has 1 aromatic heterocycles. The van der Waals surface area contributed by atoms with Crippen LogP contribution in [-0.4, -0.2) is 18.1 Å². The van der Waals surface area contributed by atoms with Crippen molar-refractivity contribution in [2.45, 2.75) is 45.2 Å².